The molecule has 7 nitrogen and oxygen atoms in total. The molecule has 3 aromatic heterocycles. The highest BCUT2D eigenvalue weighted by Gasteiger charge is 2.18. The molecule has 0 aliphatic heterocycles. The zero-order chi connectivity index (χ0) is 16.1. The molecule has 0 atom stereocenters. The van der Waals surface area contributed by atoms with E-state index in [2.05, 4.69) is 4.98 Å². The lowest BCUT2D eigenvalue weighted by atomic mass is 10.2. The van der Waals surface area contributed by atoms with Gasteiger partial charge < -0.3 is 4.42 Å². The second-order valence-corrected chi connectivity index (χ2v) is 5.50. The van der Waals surface area contributed by atoms with E-state index in [1.807, 2.05) is 30.3 Å². The molecule has 0 spiro atoms. The Kier molecular flexibility index (Phi) is 2.77. The second-order valence-electron chi connectivity index (χ2n) is 5.50. The lowest BCUT2D eigenvalue weighted by Gasteiger charge is -2.08. The Hall–Kier alpha value is -3.09. The van der Waals surface area contributed by atoms with Crippen molar-refractivity contribution in [1.82, 2.24) is 18.5 Å². The number of aromatic nitrogens is 4. The molecule has 0 radical (unpaired) electrons. The summed E-state index contributed by atoms with van der Waals surface area (Å²) in [4.78, 5) is 29.6. The van der Waals surface area contributed by atoms with Gasteiger partial charge in [-0.1, -0.05) is 30.3 Å². The molecule has 116 valence electrons. The van der Waals surface area contributed by atoms with E-state index in [0.717, 1.165) is 5.56 Å². The summed E-state index contributed by atoms with van der Waals surface area (Å²) in [7, 11) is 1.60. The summed E-state index contributed by atoms with van der Waals surface area (Å²) in [5, 5.41) is 0. The maximum atomic E-state index is 12.8. The average molecular weight is 310 g/mol. The summed E-state index contributed by atoms with van der Waals surface area (Å²) in [5.41, 5.74) is 0.775. The molecule has 4 rings (SSSR count). The highest BCUT2D eigenvalue weighted by atomic mass is 16.4. The third-order valence-corrected chi connectivity index (χ3v) is 3.89. The van der Waals surface area contributed by atoms with Crippen molar-refractivity contribution in [3.05, 3.63) is 68.7 Å². The minimum absolute atomic E-state index is 0.215. The highest BCUT2D eigenvalue weighted by Crippen LogP contribution is 2.14. The van der Waals surface area contributed by atoms with E-state index in [9.17, 15) is 9.59 Å². The standard InChI is InChI=1S/C16H14N4O3/c1-10-8-19-12-13(17-15(19)23-10)18(2)16(22)20(14(12)21)9-11-6-4-3-5-7-11/h3-8H,9H2,1-2H3. The summed E-state index contributed by atoms with van der Waals surface area (Å²) in [6.45, 7) is 2.00. The van der Waals surface area contributed by atoms with Gasteiger partial charge in [-0.3, -0.25) is 18.3 Å². The monoisotopic (exact) mass is 310 g/mol. The summed E-state index contributed by atoms with van der Waals surface area (Å²) in [6, 6.07) is 9.40. The minimum atomic E-state index is -0.399. The topological polar surface area (TPSA) is 74.4 Å². The number of imidazole rings is 1. The number of aryl methyl sites for hydroxylation is 2. The maximum absolute atomic E-state index is 12.8. The molecule has 7 heteroatoms. The first-order chi connectivity index (χ1) is 11.1. The van der Waals surface area contributed by atoms with Crippen LogP contribution in [0.5, 0.6) is 0 Å². The Balaban J connectivity index is 2.06. The fourth-order valence-corrected chi connectivity index (χ4v) is 2.77. The molecule has 4 aromatic rings. The SMILES string of the molecule is Cc1cn2c(nc3c2c(=O)n(Cc2ccccc2)c(=O)n3C)o1. The van der Waals surface area contributed by atoms with Gasteiger partial charge in [-0.2, -0.15) is 4.98 Å². The van der Waals surface area contributed by atoms with Crippen molar-refractivity contribution in [3.63, 3.8) is 0 Å². The summed E-state index contributed by atoms with van der Waals surface area (Å²) >= 11 is 0. The Morgan fingerprint density at radius 3 is 2.65 bits per heavy atom. The molecule has 0 N–H and O–H groups in total. The average Bonchev–Trinajstić information content (AvgIpc) is 3.06. The van der Waals surface area contributed by atoms with Crippen LogP contribution in [-0.2, 0) is 13.6 Å². The number of benzene rings is 1. The van der Waals surface area contributed by atoms with E-state index >= 15 is 0 Å². The molecule has 0 amide bonds. The normalized spacial score (nSPS) is 11.6. The maximum Gasteiger partial charge on any atom is 0.332 e. The van der Waals surface area contributed by atoms with Crippen molar-refractivity contribution >= 4 is 17.0 Å². The first-order valence-electron chi connectivity index (χ1n) is 7.18. The van der Waals surface area contributed by atoms with Gasteiger partial charge in [0.25, 0.3) is 5.56 Å². The Bertz CT molecular complexity index is 1150. The van der Waals surface area contributed by atoms with Gasteiger partial charge in [0.15, 0.2) is 11.2 Å². The first-order valence-corrected chi connectivity index (χ1v) is 7.18. The minimum Gasteiger partial charge on any atom is -0.428 e. The number of hydrogen-bond acceptors (Lipinski definition) is 4. The molecule has 0 saturated carbocycles. The first kappa shape index (κ1) is 13.6. The molecule has 1 aromatic carbocycles. The van der Waals surface area contributed by atoms with E-state index < -0.39 is 5.69 Å². The number of hydrogen-bond donors (Lipinski definition) is 0. The van der Waals surface area contributed by atoms with Gasteiger partial charge >= 0.3 is 11.5 Å². The lowest BCUT2D eigenvalue weighted by molar-refractivity contribution is 0.563. The van der Waals surface area contributed by atoms with Gasteiger partial charge in [-0.25, -0.2) is 4.79 Å². The van der Waals surface area contributed by atoms with Crippen LogP contribution in [0.15, 0.2) is 50.5 Å². The van der Waals surface area contributed by atoms with Crippen molar-refractivity contribution in [3.8, 4) is 0 Å². The van der Waals surface area contributed by atoms with Crippen molar-refractivity contribution in [2.75, 3.05) is 0 Å². The van der Waals surface area contributed by atoms with Crippen LogP contribution in [0.1, 0.15) is 11.3 Å². The molecule has 0 aliphatic carbocycles. The van der Waals surface area contributed by atoms with Crippen molar-refractivity contribution in [2.45, 2.75) is 13.5 Å². The zero-order valence-electron chi connectivity index (χ0n) is 12.7. The molecule has 0 aliphatic rings. The largest absolute Gasteiger partial charge is 0.428 e. The van der Waals surface area contributed by atoms with Gasteiger partial charge in [0.05, 0.1) is 12.7 Å². The van der Waals surface area contributed by atoms with E-state index in [4.69, 9.17) is 4.42 Å². The highest BCUT2D eigenvalue weighted by molar-refractivity contribution is 5.74. The van der Waals surface area contributed by atoms with Crippen LogP contribution in [0, 0.1) is 6.92 Å². The predicted molar refractivity (Wildman–Crippen MR) is 84.7 cm³/mol. The van der Waals surface area contributed by atoms with Crippen LogP contribution in [0.4, 0.5) is 0 Å². The van der Waals surface area contributed by atoms with Crippen LogP contribution < -0.4 is 11.2 Å². The number of nitrogens with zero attached hydrogens (tertiary/aromatic N) is 4. The Morgan fingerprint density at radius 2 is 1.91 bits per heavy atom. The zero-order valence-corrected chi connectivity index (χ0v) is 12.7. The number of rotatable bonds is 2. The summed E-state index contributed by atoms with van der Waals surface area (Å²) in [6.07, 6.45) is 1.70. The summed E-state index contributed by atoms with van der Waals surface area (Å²) < 4.78 is 9.63. The van der Waals surface area contributed by atoms with Crippen LogP contribution in [0.25, 0.3) is 17.0 Å². The van der Waals surface area contributed by atoms with E-state index in [1.165, 1.54) is 9.13 Å². The number of oxazole rings is 1. The molecule has 23 heavy (non-hydrogen) atoms. The quantitative estimate of drug-likeness (QED) is 0.559. The fourth-order valence-electron chi connectivity index (χ4n) is 2.77. The Labute approximate surface area is 130 Å². The smallest absolute Gasteiger partial charge is 0.332 e. The third kappa shape index (κ3) is 1.93. The van der Waals surface area contributed by atoms with Gasteiger partial charge in [0, 0.05) is 7.05 Å². The van der Waals surface area contributed by atoms with Crippen LogP contribution in [0.3, 0.4) is 0 Å². The molecule has 0 unspecified atom stereocenters. The van der Waals surface area contributed by atoms with E-state index in [1.54, 1.807) is 24.6 Å². The second kappa shape index (κ2) is 4.70. The van der Waals surface area contributed by atoms with Crippen molar-refractivity contribution in [2.24, 2.45) is 7.05 Å². The molecule has 0 fully saturated rings. The molecule has 0 bridgehead atoms. The molecule has 3 heterocycles. The van der Waals surface area contributed by atoms with Crippen LogP contribution in [-0.4, -0.2) is 18.5 Å². The number of fused-ring (bicyclic) bond motifs is 3. The van der Waals surface area contributed by atoms with Crippen LogP contribution in [0.2, 0.25) is 0 Å². The van der Waals surface area contributed by atoms with Gasteiger partial charge in [0.2, 0.25) is 0 Å². The van der Waals surface area contributed by atoms with Crippen LogP contribution >= 0.6 is 0 Å². The van der Waals surface area contributed by atoms with E-state index in [0.29, 0.717) is 22.8 Å². The fraction of sp³-hybridized carbons (Fsp3) is 0.188. The molecular weight excluding hydrogens is 296 g/mol. The van der Waals surface area contributed by atoms with E-state index in [-0.39, 0.29) is 12.1 Å². The van der Waals surface area contributed by atoms with Gasteiger partial charge in [-0.05, 0) is 12.5 Å². The van der Waals surface area contributed by atoms with Crippen molar-refractivity contribution < 1.29 is 4.42 Å². The molecule has 0 saturated heterocycles. The van der Waals surface area contributed by atoms with Gasteiger partial charge in [0.1, 0.15) is 5.76 Å². The van der Waals surface area contributed by atoms with Crippen molar-refractivity contribution in [1.29, 1.82) is 0 Å². The van der Waals surface area contributed by atoms with Gasteiger partial charge in [-0.15, -0.1) is 0 Å². The molecular formula is C16H14N4O3. The Morgan fingerprint density at radius 1 is 1.17 bits per heavy atom. The lowest BCUT2D eigenvalue weighted by Crippen LogP contribution is -2.39. The third-order valence-electron chi connectivity index (χ3n) is 3.89. The summed E-state index contributed by atoms with van der Waals surface area (Å²) in [5.74, 6) is 0.958. The predicted octanol–water partition coefficient (Wildman–Crippen LogP) is 1.30.